The SMILES string of the molecule is CCCCN1C=CNC1=C1CC=CC(=C2Nc3ccccc3N2CCCC)C1.I.I.I. The maximum atomic E-state index is 3.70. The fraction of sp³-hybridized carbons (Fsp3) is 0.417. The second-order valence-corrected chi connectivity index (χ2v) is 7.76. The Morgan fingerprint density at radius 2 is 1.68 bits per heavy atom. The Morgan fingerprint density at radius 3 is 2.45 bits per heavy atom. The maximum absolute atomic E-state index is 3.70. The number of fused-ring (bicyclic) bond motifs is 1. The second kappa shape index (κ2) is 14.0. The van der Waals surface area contributed by atoms with Crippen LogP contribution in [0.25, 0.3) is 0 Å². The summed E-state index contributed by atoms with van der Waals surface area (Å²) in [6.45, 7) is 6.65. The summed E-state index contributed by atoms with van der Waals surface area (Å²) in [5.74, 6) is 2.54. The molecule has 0 spiro atoms. The molecule has 1 aromatic carbocycles. The summed E-state index contributed by atoms with van der Waals surface area (Å²) < 4.78 is 0. The molecule has 0 radical (unpaired) electrons. The van der Waals surface area contributed by atoms with Crippen molar-refractivity contribution in [2.24, 2.45) is 0 Å². The highest BCUT2D eigenvalue weighted by Crippen LogP contribution is 2.40. The number of allylic oxidation sites excluding steroid dienone is 4. The van der Waals surface area contributed by atoms with Crippen molar-refractivity contribution >= 4 is 83.3 Å². The van der Waals surface area contributed by atoms with E-state index in [1.54, 1.807) is 0 Å². The molecule has 0 unspecified atom stereocenters. The standard InChI is InChI=1S/C24H32N4.3HI/c1-3-5-15-27-17-14-25-23(27)19-10-9-11-20(18-19)24-26-21-12-7-8-13-22(21)28(24)16-6-4-2;;;/h7-9,11-14,17,25-26H,3-6,10,15-16,18H2,1-2H3;3*1H. The summed E-state index contributed by atoms with van der Waals surface area (Å²) in [6, 6.07) is 8.66. The quantitative estimate of drug-likeness (QED) is 0.294. The summed E-state index contributed by atoms with van der Waals surface area (Å²) in [6.07, 6.45) is 15.7. The van der Waals surface area contributed by atoms with Crippen molar-refractivity contribution in [3.8, 4) is 0 Å². The Kier molecular flexibility index (Phi) is 12.9. The van der Waals surface area contributed by atoms with Crippen LogP contribution in [0.4, 0.5) is 11.4 Å². The zero-order valence-electron chi connectivity index (χ0n) is 18.4. The van der Waals surface area contributed by atoms with Gasteiger partial charge in [-0.1, -0.05) is 51.0 Å². The van der Waals surface area contributed by atoms with E-state index in [4.69, 9.17) is 0 Å². The summed E-state index contributed by atoms with van der Waals surface area (Å²) in [5, 5.41) is 7.20. The normalized spacial score (nSPS) is 21.0. The van der Waals surface area contributed by atoms with Gasteiger partial charge in [0.2, 0.25) is 0 Å². The molecule has 0 aromatic heterocycles. The molecule has 31 heavy (non-hydrogen) atoms. The van der Waals surface area contributed by atoms with Gasteiger partial charge in [0, 0.05) is 31.9 Å². The molecule has 0 saturated heterocycles. The summed E-state index contributed by atoms with van der Waals surface area (Å²) in [4.78, 5) is 4.85. The number of nitrogens with one attached hydrogen (secondary N) is 2. The van der Waals surface area contributed by atoms with E-state index in [-0.39, 0.29) is 71.9 Å². The zero-order valence-corrected chi connectivity index (χ0v) is 25.4. The average molecular weight is 760 g/mol. The van der Waals surface area contributed by atoms with Crippen molar-refractivity contribution in [3.63, 3.8) is 0 Å². The Morgan fingerprint density at radius 1 is 0.935 bits per heavy atom. The number of benzene rings is 1. The fourth-order valence-electron chi connectivity index (χ4n) is 4.16. The molecule has 4 nitrogen and oxygen atoms in total. The predicted octanol–water partition coefficient (Wildman–Crippen LogP) is 7.52. The van der Waals surface area contributed by atoms with Gasteiger partial charge in [-0.15, -0.1) is 71.9 Å². The zero-order chi connectivity index (χ0) is 19.3. The van der Waals surface area contributed by atoms with Crippen LogP contribution in [0.5, 0.6) is 0 Å². The Labute approximate surface area is 238 Å². The van der Waals surface area contributed by atoms with Crippen molar-refractivity contribution in [3.05, 3.63) is 71.6 Å². The Bertz CT molecular complexity index is 845. The van der Waals surface area contributed by atoms with Crippen LogP contribution in [-0.2, 0) is 0 Å². The average Bonchev–Trinajstić information content (AvgIpc) is 3.35. The minimum absolute atomic E-state index is 0. The van der Waals surface area contributed by atoms with Crippen molar-refractivity contribution in [2.75, 3.05) is 23.3 Å². The van der Waals surface area contributed by atoms with Gasteiger partial charge in [-0.3, -0.25) is 0 Å². The van der Waals surface area contributed by atoms with E-state index < -0.39 is 0 Å². The van der Waals surface area contributed by atoms with Gasteiger partial charge < -0.3 is 20.4 Å². The Balaban J connectivity index is 0.00000160. The van der Waals surface area contributed by atoms with Crippen molar-refractivity contribution in [1.29, 1.82) is 0 Å². The number of unbranched alkanes of at least 4 members (excludes halogenated alkanes) is 2. The van der Waals surface area contributed by atoms with Gasteiger partial charge in [0.05, 0.1) is 11.4 Å². The minimum Gasteiger partial charge on any atom is -0.347 e. The number of nitrogens with zero attached hydrogens (tertiary/aromatic N) is 2. The number of para-hydroxylation sites is 2. The number of rotatable bonds is 6. The largest absolute Gasteiger partial charge is 0.347 e. The number of hydrogen-bond acceptors (Lipinski definition) is 4. The summed E-state index contributed by atoms with van der Waals surface area (Å²) in [7, 11) is 0. The lowest BCUT2D eigenvalue weighted by molar-refractivity contribution is 0.443. The molecule has 1 aliphatic carbocycles. The summed E-state index contributed by atoms with van der Waals surface area (Å²) >= 11 is 0. The first-order valence-electron chi connectivity index (χ1n) is 10.8. The van der Waals surface area contributed by atoms with Crippen molar-refractivity contribution in [1.82, 2.24) is 10.2 Å². The van der Waals surface area contributed by atoms with Gasteiger partial charge in [0.15, 0.2) is 0 Å². The lowest BCUT2D eigenvalue weighted by Crippen LogP contribution is -2.25. The van der Waals surface area contributed by atoms with Gasteiger partial charge in [-0.05, 0) is 42.5 Å². The van der Waals surface area contributed by atoms with E-state index in [0.29, 0.717) is 0 Å². The molecule has 4 rings (SSSR count). The Hall–Kier alpha value is -0.430. The minimum atomic E-state index is 0. The molecule has 0 amide bonds. The van der Waals surface area contributed by atoms with E-state index >= 15 is 0 Å². The summed E-state index contributed by atoms with van der Waals surface area (Å²) in [5.41, 5.74) is 5.38. The molecule has 0 atom stereocenters. The molecular weight excluding hydrogens is 725 g/mol. The van der Waals surface area contributed by atoms with Gasteiger partial charge >= 0.3 is 0 Å². The molecule has 2 aliphatic heterocycles. The smallest absolute Gasteiger partial charge is 0.114 e. The third-order valence-corrected chi connectivity index (χ3v) is 5.69. The molecule has 7 heteroatoms. The van der Waals surface area contributed by atoms with Crippen molar-refractivity contribution < 1.29 is 0 Å². The van der Waals surface area contributed by atoms with E-state index in [9.17, 15) is 0 Å². The topological polar surface area (TPSA) is 30.5 Å². The number of hydrogen-bond donors (Lipinski definition) is 2. The van der Waals surface area contributed by atoms with Gasteiger partial charge in [-0.25, -0.2) is 0 Å². The third kappa shape index (κ3) is 6.55. The first-order valence-corrected chi connectivity index (χ1v) is 10.8. The second-order valence-electron chi connectivity index (χ2n) is 7.76. The van der Waals surface area contributed by atoms with Crippen LogP contribution in [0.3, 0.4) is 0 Å². The monoisotopic (exact) mass is 760 g/mol. The molecular formula is C24H35I3N4. The number of anilines is 2. The van der Waals surface area contributed by atoms with Crippen LogP contribution in [0.1, 0.15) is 52.4 Å². The van der Waals surface area contributed by atoms with Crippen LogP contribution >= 0.6 is 71.9 Å². The molecule has 2 N–H and O–H groups in total. The molecule has 0 bridgehead atoms. The lowest BCUT2D eigenvalue weighted by Gasteiger charge is -2.26. The maximum Gasteiger partial charge on any atom is 0.114 e. The van der Waals surface area contributed by atoms with Gasteiger partial charge in [0.1, 0.15) is 11.6 Å². The predicted molar refractivity (Wildman–Crippen MR) is 165 cm³/mol. The third-order valence-electron chi connectivity index (χ3n) is 5.69. The fourth-order valence-corrected chi connectivity index (χ4v) is 4.16. The number of halogens is 3. The van der Waals surface area contributed by atoms with E-state index in [1.165, 1.54) is 59.8 Å². The van der Waals surface area contributed by atoms with Crippen molar-refractivity contribution in [2.45, 2.75) is 52.4 Å². The molecule has 1 aromatic rings. The molecule has 172 valence electrons. The highest BCUT2D eigenvalue weighted by molar-refractivity contribution is 14.0. The van der Waals surface area contributed by atoms with Crippen LogP contribution in [0.15, 0.2) is 71.6 Å². The highest BCUT2D eigenvalue weighted by Gasteiger charge is 2.27. The molecule has 0 saturated carbocycles. The molecule has 3 aliphatic rings. The lowest BCUT2D eigenvalue weighted by atomic mass is 9.95. The molecule has 0 fully saturated rings. The van der Waals surface area contributed by atoms with Crippen LogP contribution in [0, 0.1) is 0 Å². The first-order chi connectivity index (χ1) is 13.8. The van der Waals surface area contributed by atoms with E-state index in [2.05, 4.69) is 83.1 Å². The highest BCUT2D eigenvalue weighted by atomic mass is 127. The van der Waals surface area contributed by atoms with Crippen LogP contribution in [0.2, 0.25) is 0 Å². The van der Waals surface area contributed by atoms with Crippen LogP contribution < -0.4 is 15.5 Å². The van der Waals surface area contributed by atoms with Crippen LogP contribution in [-0.4, -0.2) is 18.0 Å². The first kappa shape index (κ1) is 28.6. The molecule has 2 heterocycles. The van der Waals surface area contributed by atoms with Gasteiger partial charge in [-0.2, -0.15) is 0 Å². The van der Waals surface area contributed by atoms with E-state index in [0.717, 1.165) is 25.9 Å². The van der Waals surface area contributed by atoms with E-state index in [1.807, 2.05) is 0 Å². The van der Waals surface area contributed by atoms with Gasteiger partial charge in [0.25, 0.3) is 0 Å².